The Kier molecular flexibility index (Phi) is 3.84. The lowest BCUT2D eigenvalue weighted by molar-refractivity contribution is 0.607. The summed E-state index contributed by atoms with van der Waals surface area (Å²) >= 11 is 0. The van der Waals surface area contributed by atoms with Gasteiger partial charge in [0.15, 0.2) is 0 Å². The van der Waals surface area contributed by atoms with Crippen LogP contribution >= 0.6 is 0 Å². The van der Waals surface area contributed by atoms with E-state index in [9.17, 15) is 4.39 Å². The number of hydrogen-bond acceptors (Lipinski definition) is 1. The van der Waals surface area contributed by atoms with Crippen LogP contribution < -0.4 is 5.32 Å². The second kappa shape index (κ2) is 4.91. The van der Waals surface area contributed by atoms with Gasteiger partial charge >= 0.3 is 0 Å². The third-order valence-corrected chi connectivity index (χ3v) is 2.11. The van der Waals surface area contributed by atoms with E-state index in [1.54, 1.807) is 13.8 Å². The van der Waals surface area contributed by atoms with Crippen LogP contribution in [0.15, 0.2) is 24.8 Å². The van der Waals surface area contributed by atoms with E-state index in [2.05, 4.69) is 11.9 Å². The van der Waals surface area contributed by atoms with Crippen molar-refractivity contribution in [1.82, 2.24) is 5.32 Å². The topological polar surface area (TPSA) is 12.0 Å². The smallest absolute Gasteiger partial charge is 0.129 e. The zero-order chi connectivity index (χ0) is 10.6. The van der Waals surface area contributed by atoms with Gasteiger partial charge in [-0.3, -0.25) is 0 Å². The largest absolute Gasteiger partial charge is 0.309 e. The number of benzene rings is 1. The van der Waals surface area contributed by atoms with E-state index in [-0.39, 0.29) is 5.82 Å². The van der Waals surface area contributed by atoms with E-state index in [0.29, 0.717) is 11.1 Å². The highest BCUT2D eigenvalue weighted by molar-refractivity contribution is 5.30. The fourth-order valence-corrected chi connectivity index (χ4v) is 1.46. The fraction of sp³-hybridized carbons (Fsp3) is 0.333. The molecule has 0 aliphatic heterocycles. The van der Waals surface area contributed by atoms with Gasteiger partial charge in [-0.1, -0.05) is 18.2 Å². The molecule has 1 N–H and O–H groups in total. The molecule has 0 saturated heterocycles. The molecule has 1 aromatic carbocycles. The average molecular weight is 193 g/mol. The Balaban J connectivity index is 2.74. The number of halogens is 1. The van der Waals surface area contributed by atoms with Crippen molar-refractivity contribution >= 4 is 0 Å². The van der Waals surface area contributed by atoms with Gasteiger partial charge in [0, 0.05) is 13.1 Å². The Morgan fingerprint density at radius 2 is 1.93 bits per heavy atom. The molecular weight excluding hydrogens is 177 g/mol. The van der Waals surface area contributed by atoms with Crippen LogP contribution in [0.5, 0.6) is 0 Å². The summed E-state index contributed by atoms with van der Waals surface area (Å²) in [6.45, 7) is 8.73. The van der Waals surface area contributed by atoms with Gasteiger partial charge in [-0.2, -0.15) is 0 Å². The standard InChI is InChI=1S/C12H16FN/c1-4-5-14-8-11-6-9(2)12(13)10(3)7-11/h4,6-7,14H,1,5,8H2,2-3H3. The third-order valence-electron chi connectivity index (χ3n) is 2.11. The molecule has 0 bridgehead atoms. The van der Waals surface area contributed by atoms with Gasteiger partial charge in [0.05, 0.1) is 0 Å². The fourth-order valence-electron chi connectivity index (χ4n) is 1.46. The molecule has 0 spiro atoms. The summed E-state index contributed by atoms with van der Waals surface area (Å²) in [5, 5.41) is 3.18. The van der Waals surface area contributed by atoms with Crippen LogP contribution in [0.2, 0.25) is 0 Å². The Labute approximate surface area is 84.6 Å². The molecule has 1 aromatic rings. The van der Waals surface area contributed by atoms with E-state index in [1.165, 1.54) is 0 Å². The van der Waals surface area contributed by atoms with Crippen LogP contribution in [0.4, 0.5) is 4.39 Å². The Morgan fingerprint density at radius 3 is 2.43 bits per heavy atom. The van der Waals surface area contributed by atoms with Gasteiger partial charge in [-0.05, 0) is 30.5 Å². The van der Waals surface area contributed by atoms with Gasteiger partial charge in [0.25, 0.3) is 0 Å². The zero-order valence-corrected chi connectivity index (χ0v) is 8.73. The van der Waals surface area contributed by atoms with Gasteiger partial charge in [-0.15, -0.1) is 6.58 Å². The summed E-state index contributed by atoms with van der Waals surface area (Å²) in [5.74, 6) is -0.0996. The minimum absolute atomic E-state index is 0.0996. The molecule has 76 valence electrons. The lowest BCUT2D eigenvalue weighted by atomic mass is 10.1. The molecule has 0 heterocycles. The number of rotatable bonds is 4. The van der Waals surface area contributed by atoms with Crippen molar-refractivity contribution < 1.29 is 4.39 Å². The number of hydrogen-bond donors (Lipinski definition) is 1. The van der Waals surface area contributed by atoms with Crippen LogP contribution in [-0.4, -0.2) is 6.54 Å². The van der Waals surface area contributed by atoms with Crippen molar-refractivity contribution in [2.75, 3.05) is 6.54 Å². The lowest BCUT2D eigenvalue weighted by Crippen LogP contribution is -2.13. The number of nitrogens with one attached hydrogen (secondary N) is 1. The van der Waals surface area contributed by atoms with E-state index < -0.39 is 0 Å². The summed E-state index contributed by atoms with van der Waals surface area (Å²) in [5.41, 5.74) is 2.53. The zero-order valence-electron chi connectivity index (χ0n) is 8.73. The van der Waals surface area contributed by atoms with Gasteiger partial charge in [0.2, 0.25) is 0 Å². The SMILES string of the molecule is C=CCNCc1cc(C)c(F)c(C)c1. The number of aryl methyl sites for hydroxylation is 2. The van der Waals surface area contributed by atoms with E-state index in [1.807, 2.05) is 18.2 Å². The molecule has 14 heavy (non-hydrogen) atoms. The molecule has 1 nitrogen and oxygen atoms in total. The van der Waals surface area contributed by atoms with Gasteiger partial charge in [-0.25, -0.2) is 4.39 Å². The molecular formula is C12H16FN. The summed E-state index contributed by atoms with van der Waals surface area (Å²) in [4.78, 5) is 0. The first kappa shape index (κ1) is 10.9. The lowest BCUT2D eigenvalue weighted by Gasteiger charge is -2.07. The molecule has 0 aliphatic rings. The van der Waals surface area contributed by atoms with Crippen molar-refractivity contribution in [2.45, 2.75) is 20.4 Å². The molecule has 0 aromatic heterocycles. The third kappa shape index (κ3) is 2.67. The minimum Gasteiger partial charge on any atom is -0.309 e. The predicted octanol–water partition coefficient (Wildman–Crippen LogP) is 2.72. The summed E-state index contributed by atoms with van der Waals surface area (Å²) in [7, 11) is 0. The van der Waals surface area contributed by atoms with Gasteiger partial charge < -0.3 is 5.32 Å². The molecule has 0 radical (unpaired) electrons. The highest BCUT2D eigenvalue weighted by atomic mass is 19.1. The summed E-state index contributed by atoms with van der Waals surface area (Å²) in [6, 6.07) is 3.75. The van der Waals surface area contributed by atoms with Crippen molar-refractivity contribution in [2.24, 2.45) is 0 Å². The van der Waals surface area contributed by atoms with E-state index in [0.717, 1.165) is 18.7 Å². The second-order valence-electron chi connectivity index (χ2n) is 3.46. The minimum atomic E-state index is -0.0996. The molecule has 0 atom stereocenters. The maximum absolute atomic E-state index is 13.3. The molecule has 1 rings (SSSR count). The van der Waals surface area contributed by atoms with E-state index >= 15 is 0 Å². The predicted molar refractivity (Wildman–Crippen MR) is 57.8 cm³/mol. The van der Waals surface area contributed by atoms with Crippen LogP contribution in [0, 0.1) is 19.7 Å². The Morgan fingerprint density at radius 1 is 1.36 bits per heavy atom. The highest BCUT2D eigenvalue weighted by Gasteiger charge is 2.03. The van der Waals surface area contributed by atoms with Crippen molar-refractivity contribution in [3.05, 3.63) is 47.3 Å². The summed E-state index contributed by atoms with van der Waals surface area (Å²) in [6.07, 6.45) is 1.81. The van der Waals surface area contributed by atoms with Crippen LogP contribution in [0.1, 0.15) is 16.7 Å². The normalized spacial score (nSPS) is 10.2. The van der Waals surface area contributed by atoms with Gasteiger partial charge in [0.1, 0.15) is 5.82 Å². The van der Waals surface area contributed by atoms with Crippen molar-refractivity contribution in [1.29, 1.82) is 0 Å². The molecule has 0 fully saturated rings. The van der Waals surface area contributed by atoms with Crippen molar-refractivity contribution in [3.8, 4) is 0 Å². The molecule has 2 heteroatoms. The quantitative estimate of drug-likeness (QED) is 0.572. The Hall–Kier alpha value is -1.15. The first-order valence-electron chi connectivity index (χ1n) is 4.72. The first-order valence-corrected chi connectivity index (χ1v) is 4.72. The molecule has 0 saturated carbocycles. The highest BCUT2D eigenvalue weighted by Crippen LogP contribution is 2.14. The maximum Gasteiger partial charge on any atom is 0.129 e. The molecule has 0 aliphatic carbocycles. The van der Waals surface area contributed by atoms with Crippen LogP contribution in [0.3, 0.4) is 0 Å². The second-order valence-corrected chi connectivity index (χ2v) is 3.46. The maximum atomic E-state index is 13.3. The van der Waals surface area contributed by atoms with E-state index in [4.69, 9.17) is 0 Å². The van der Waals surface area contributed by atoms with Crippen molar-refractivity contribution in [3.63, 3.8) is 0 Å². The molecule has 0 unspecified atom stereocenters. The van der Waals surface area contributed by atoms with Crippen LogP contribution in [-0.2, 0) is 6.54 Å². The monoisotopic (exact) mass is 193 g/mol. The summed E-state index contributed by atoms with van der Waals surface area (Å²) < 4.78 is 13.3. The average Bonchev–Trinajstić information content (AvgIpc) is 2.14. The van der Waals surface area contributed by atoms with Crippen LogP contribution in [0.25, 0.3) is 0 Å². The molecule has 0 amide bonds. The first-order chi connectivity index (χ1) is 6.65. The Bertz CT molecular complexity index is 308.